The lowest BCUT2D eigenvalue weighted by Crippen LogP contribution is -2.18. The Morgan fingerprint density at radius 2 is 2.00 bits per heavy atom. The van der Waals surface area contributed by atoms with Crippen LogP contribution in [-0.2, 0) is 9.53 Å². The average molecular weight is 142 g/mol. The van der Waals surface area contributed by atoms with E-state index in [1.165, 1.54) is 0 Å². The summed E-state index contributed by atoms with van der Waals surface area (Å²) in [6.45, 7) is 7.58. The van der Waals surface area contributed by atoms with E-state index in [0.717, 1.165) is 0 Å². The van der Waals surface area contributed by atoms with Gasteiger partial charge < -0.3 is 4.74 Å². The van der Waals surface area contributed by atoms with Crippen molar-refractivity contribution in [1.82, 2.24) is 0 Å². The van der Waals surface area contributed by atoms with Crippen molar-refractivity contribution >= 4 is 5.94 Å². The Kier molecular flexibility index (Phi) is 3.17. The third-order valence-corrected chi connectivity index (χ3v) is 0.864. The van der Waals surface area contributed by atoms with E-state index in [0.29, 0.717) is 12.2 Å². The van der Waals surface area contributed by atoms with E-state index in [2.05, 4.69) is 0 Å². The minimum Gasteiger partial charge on any atom is -0.481 e. The molecule has 0 aliphatic rings. The van der Waals surface area contributed by atoms with Crippen molar-refractivity contribution in [2.75, 3.05) is 0 Å². The van der Waals surface area contributed by atoms with Gasteiger partial charge in [0, 0.05) is 6.42 Å². The monoisotopic (exact) mass is 142 g/mol. The third kappa shape index (κ3) is 4.16. The Hall–Kier alpha value is -0.750. The second-order valence-corrected chi connectivity index (χ2v) is 3.09. The first-order valence-electron chi connectivity index (χ1n) is 3.42. The standard InChI is InChI=1S/C8H14O2/c1-5-7(6-9)10-8(2,3)4/h5H2,1-4H3. The highest BCUT2D eigenvalue weighted by molar-refractivity contribution is 5.49. The lowest BCUT2D eigenvalue weighted by molar-refractivity contribution is 0.0506. The zero-order valence-corrected chi connectivity index (χ0v) is 7.02. The molecule has 0 unspecified atom stereocenters. The van der Waals surface area contributed by atoms with Crippen molar-refractivity contribution in [1.29, 1.82) is 0 Å². The Balaban J connectivity index is 4.01. The third-order valence-electron chi connectivity index (χ3n) is 0.864. The number of allylic oxidation sites excluding steroid dienone is 1. The number of ether oxygens (including phenoxy) is 1. The fourth-order valence-electron chi connectivity index (χ4n) is 0.535. The minimum atomic E-state index is -0.275. The van der Waals surface area contributed by atoms with Crippen molar-refractivity contribution in [3.8, 4) is 0 Å². The molecule has 0 atom stereocenters. The van der Waals surface area contributed by atoms with Crippen molar-refractivity contribution < 1.29 is 9.53 Å². The van der Waals surface area contributed by atoms with Gasteiger partial charge in [-0.1, -0.05) is 6.92 Å². The maximum Gasteiger partial charge on any atom is 0.180 e. The van der Waals surface area contributed by atoms with E-state index in [1.54, 1.807) is 5.94 Å². The fourth-order valence-corrected chi connectivity index (χ4v) is 0.535. The molecule has 0 spiro atoms. The maximum atomic E-state index is 10.1. The van der Waals surface area contributed by atoms with E-state index >= 15 is 0 Å². The quantitative estimate of drug-likeness (QED) is 0.435. The topological polar surface area (TPSA) is 26.3 Å². The van der Waals surface area contributed by atoms with Crippen LogP contribution in [0.25, 0.3) is 0 Å². The number of hydrogen-bond acceptors (Lipinski definition) is 2. The van der Waals surface area contributed by atoms with Crippen molar-refractivity contribution in [3.63, 3.8) is 0 Å². The predicted octanol–water partition coefficient (Wildman–Crippen LogP) is 1.93. The lowest BCUT2D eigenvalue weighted by Gasteiger charge is -2.20. The van der Waals surface area contributed by atoms with E-state index in [1.807, 2.05) is 27.7 Å². The first-order valence-corrected chi connectivity index (χ1v) is 3.42. The van der Waals surface area contributed by atoms with Gasteiger partial charge in [-0.05, 0) is 20.8 Å². The number of rotatable bonds is 2. The molecule has 0 rings (SSSR count). The maximum absolute atomic E-state index is 10.1. The SMILES string of the molecule is CCC(=C=O)OC(C)(C)C. The molecule has 2 heteroatoms. The summed E-state index contributed by atoms with van der Waals surface area (Å²) in [4.78, 5) is 10.1. The highest BCUT2D eigenvalue weighted by atomic mass is 16.5. The summed E-state index contributed by atoms with van der Waals surface area (Å²) in [6.07, 6.45) is 0.612. The van der Waals surface area contributed by atoms with Crippen LogP contribution >= 0.6 is 0 Å². The van der Waals surface area contributed by atoms with Crippen LogP contribution in [0.2, 0.25) is 0 Å². The van der Waals surface area contributed by atoms with Crippen LogP contribution in [-0.4, -0.2) is 11.5 Å². The zero-order valence-electron chi connectivity index (χ0n) is 7.02. The van der Waals surface area contributed by atoms with Gasteiger partial charge in [0.2, 0.25) is 0 Å². The zero-order chi connectivity index (χ0) is 8.20. The summed E-state index contributed by atoms with van der Waals surface area (Å²) in [6, 6.07) is 0. The molecule has 0 aromatic carbocycles. The molecule has 0 amide bonds. The number of carbonyl (C=O) groups excluding carboxylic acids is 1. The summed E-state index contributed by atoms with van der Waals surface area (Å²) < 4.78 is 5.23. The smallest absolute Gasteiger partial charge is 0.180 e. The van der Waals surface area contributed by atoms with Gasteiger partial charge >= 0.3 is 0 Å². The highest BCUT2D eigenvalue weighted by Gasteiger charge is 2.12. The second-order valence-electron chi connectivity index (χ2n) is 3.09. The molecule has 0 radical (unpaired) electrons. The fraction of sp³-hybridized carbons (Fsp3) is 0.750. The van der Waals surface area contributed by atoms with Crippen molar-refractivity contribution in [2.45, 2.75) is 39.7 Å². The predicted molar refractivity (Wildman–Crippen MR) is 40.3 cm³/mol. The Morgan fingerprint density at radius 3 is 2.10 bits per heavy atom. The van der Waals surface area contributed by atoms with Crippen molar-refractivity contribution in [2.24, 2.45) is 0 Å². The van der Waals surface area contributed by atoms with Crippen LogP contribution in [0.5, 0.6) is 0 Å². The molecular formula is C8H14O2. The summed E-state index contributed by atoms with van der Waals surface area (Å²) in [5, 5.41) is 0. The van der Waals surface area contributed by atoms with Crippen LogP contribution in [0.15, 0.2) is 5.76 Å². The molecule has 0 N–H and O–H groups in total. The van der Waals surface area contributed by atoms with Crippen LogP contribution in [0.3, 0.4) is 0 Å². The molecule has 0 aliphatic carbocycles. The van der Waals surface area contributed by atoms with E-state index < -0.39 is 0 Å². The number of hydrogen-bond donors (Lipinski definition) is 0. The molecule has 2 nitrogen and oxygen atoms in total. The summed E-state index contributed by atoms with van der Waals surface area (Å²) in [5.41, 5.74) is -0.275. The van der Waals surface area contributed by atoms with Gasteiger partial charge in [0.15, 0.2) is 11.7 Å². The van der Waals surface area contributed by atoms with Gasteiger partial charge in [-0.2, -0.15) is 0 Å². The minimum absolute atomic E-state index is 0.275. The molecule has 0 fully saturated rings. The van der Waals surface area contributed by atoms with E-state index in [9.17, 15) is 4.79 Å². The Bertz CT molecular complexity index is 147. The van der Waals surface area contributed by atoms with Crippen LogP contribution in [0.4, 0.5) is 0 Å². The van der Waals surface area contributed by atoms with Gasteiger partial charge in [0.25, 0.3) is 0 Å². The first-order chi connectivity index (χ1) is 4.49. The molecule has 0 aliphatic heterocycles. The lowest BCUT2D eigenvalue weighted by atomic mass is 10.2. The molecule has 0 saturated heterocycles. The molecule has 0 saturated carbocycles. The molecule has 58 valence electrons. The molecule has 10 heavy (non-hydrogen) atoms. The summed E-state index contributed by atoms with van der Waals surface area (Å²) in [5.74, 6) is 2.15. The van der Waals surface area contributed by atoms with Crippen molar-refractivity contribution in [3.05, 3.63) is 5.76 Å². The van der Waals surface area contributed by atoms with Gasteiger partial charge in [0.1, 0.15) is 5.60 Å². The van der Waals surface area contributed by atoms with Gasteiger partial charge in [-0.3, -0.25) is 0 Å². The van der Waals surface area contributed by atoms with E-state index in [4.69, 9.17) is 4.74 Å². The van der Waals surface area contributed by atoms with Crippen LogP contribution in [0, 0.1) is 0 Å². The van der Waals surface area contributed by atoms with Crippen LogP contribution in [0.1, 0.15) is 34.1 Å². The highest BCUT2D eigenvalue weighted by Crippen LogP contribution is 2.12. The average Bonchev–Trinajstić information content (AvgIpc) is 1.81. The summed E-state index contributed by atoms with van der Waals surface area (Å²) in [7, 11) is 0. The van der Waals surface area contributed by atoms with Gasteiger partial charge in [0.05, 0.1) is 0 Å². The molecule has 0 bridgehead atoms. The van der Waals surface area contributed by atoms with Gasteiger partial charge in [-0.15, -0.1) is 0 Å². The molecule has 0 aromatic rings. The normalized spacial score (nSPS) is 10.4. The molecule has 0 heterocycles. The summed E-state index contributed by atoms with van der Waals surface area (Å²) >= 11 is 0. The van der Waals surface area contributed by atoms with Crippen LogP contribution < -0.4 is 0 Å². The second kappa shape index (κ2) is 3.43. The van der Waals surface area contributed by atoms with Gasteiger partial charge in [-0.25, -0.2) is 4.79 Å². The molecule has 0 aromatic heterocycles. The van der Waals surface area contributed by atoms with E-state index in [-0.39, 0.29) is 5.60 Å². The first kappa shape index (κ1) is 9.25. The Morgan fingerprint density at radius 1 is 1.50 bits per heavy atom. The molecular weight excluding hydrogens is 128 g/mol. The largest absolute Gasteiger partial charge is 0.481 e. The Labute approximate surface area is 61.9 Å².